The zero-order chi connectivity index (χ0) is 24.8. The van der Waals surface area contributed by atoms with Gasteiger partial charge in [0.05, 0.1) is 12.2 Å². The zero-order valence-electron chi connectivity index (χ0n) is 19.6. The topological polar surface area (TPSA) is 46.5 Å². The van der Waals surface area contributed by atoms with Gasteiger partial charge in [-0.25, -0.2) is 4.79 Å². The Bertz CT molecular complexity index is 961. The number of carbonyl (C=O) groups is 1. The molecule has 0 atom stereocenters. The first-order valence-corrected chi connectivity index (χ1v) is 11.8. The molecule has 2 aromatic carbocycles. The highest BCUT2D eigenvalue weighted by molar-refractivity contribution is 5.92. The van der Waals surface area contributed by atoms with Crippen LogP contribution >= 0.6 is 0 Å². The third-order valence-electron chi connectivity index (χ3n) is 5.38. The molecule has 6 heteroatoms. The van der Waals surface area contributed by atoms with Crippen molar-refractivity contribution in [3.8, 4) is 5.75 Å². The van der Waals surface area contributed by atoms with Crippen molar-refractivity contribution < 1.29 is 27.8 Å². The molecule has 0 unspecified atom stereocenters. The van der Waals surface area contributed by atoms with E-state index >= 15 is 0 Å². The van der Waals surface area contributed by atoms with Gasteiger partial charge in [-0.05, 0) is 59.5 Å². The molecule has 0 aliphatic heterocycles. The molecule has 0 bridgehead atoms. The number of aliphatic carboxylic acids is 1. The van der Waals surface area contributed by atoms with Gasteiger partial charge in [-0.15, -0.1) is 0 Å². The lowest BCUT2D eigenvalue weighted by Gasteiger charge is -2.10. The highest BCUT2D eigenvalue weighted by Gasteiger charge is 2.30. The number of hydrogen-bond acceptors (Lipinski definition) is 2. The van der Waals surface area contributed by atoms with E-state index in [4.69, 9.17) is 9.84 Å². The molecule has 0 saturated heterocycles. The Morgan fingerprint density at radius 1 is 0.912 bits per heavy atom. The molecule has 0 heterocycles. The standard InChI is InChI=1S/C28H33F3O3/c1-2-3-4-5-6-7-8-9-18-34-26-15-10-12-22(20-26)19-24(16-17-27(32)33)23-13-11-14-25(21-23)28(29,30)31/h10-17,19-21H,2-9,18H2,1H3,(H,32,33)/b17-16-,24-19-. The quantitative estimate of drug-likeness (QED) is 0.129. The van der Waals surface area contributed by atoms with Gasteiger partial charge in [0.1, 0.15) is 5.75 Å². The van der Waals surface area contributed by atoms with E-state index in [2.05, 4.69) is 6.92 Å². The maximum atomic E-state index is 13.1. The number of ether oxygens (including phenoxy) is 1. The van der Waals surface area contributed by atoms with Crippen LogP contribution in [0.25, 0.3) is 11.6 Å². The summed E-state index contributed by atoms with van der Waals surface area (Å²) in [6.45, 7) is 2.81. The smallest absolute Gasteiger partial charge is 0.416 e. The molecule has 3 nitrogen and oxygen atoms in total. The largest absolute Gasteiger partial charge is 0.494 e. The van der Waals surface area contributed by atoms with Crippen LogP contribution in [-0.2, 0) is 11.0 Å². The normalized spacial score (nSPS) is 12.3. The molecule has 0 radical (unpaired) electrons. The lowest BCUT2D eigenvalue weighted by molar-refractivity contribution is -0.137. The van der Waals surface area contributed by atoms with Gasteiger partial charge in [0.25, 0.3) is 0 Å². The van der Waals surface area contributed by atoms with E-state index in [-0.39, 0.29) is 5.56 Å². The van der Waals surface area contributed by atoms with E-state index < -0.39 is 17.7 Å². The van der Waals surface area contributed by atoms with Gasteiger partial charge in [-0.2, -0.15) is 13.2 Å². The van der Waals surface area contributed by atoms with E-state index in [1.165, 1.54) is 56.7 Å². The second-order valence-electron chi connectivity index (χ2n) is 8.25. The van der Waals surface area contributed by atoms with Gasteiger partial charge in [0.2, 0.25) is 0 Å². The minimum absolute atomic E-state index is 0.276. The van der Waals surface area contributed by atoms with Crippen LogP contribution in [0, 0.1) is 0 Å². The van der Waals surface area contributed by atoms with Crippen LogP contribution in [0.2, 0.25) is 0 Å². The molecule has 34 heavy (non-hydrogen) atoms. The van der Waals surface area contributed by atoms with Crippen LogP contribution in [0.5, 0.6) is 5.75 Å². The van der Waals surface area contributed by atoms with Crippen molar-refractivity contribution in [2.45, 2.75) is 64.5 Å². The maximum absolute atomic E-state index is 13.1. The molecule has 0 aromatic heterocycles. The zero-order valence-corrected chi connectivity index (χ0v) is 19.6. The molecule has 1 N–H and O–H groups in total. The highest BCUT2D eigenvalue weighted by atomic mass is 19.4. The molecule has 0 amide bonds. The van der Waals surface area contributed by atoms with Crippen LogP contribution in [0.3, 0.4) is 0 Å². The number of unbranched alkanes of at least 4 members (excludes halogenated alkanes) is 7. The Kier molecular flexibility index (Phi) is 11.4. The minimum Gasteiger partial charge on any atom is -0.494 e. The van der Waals surface area contributed by atoms with Crippen LogP contribution in [0.15, 0.2) is 60.7 Å². The predicted molar refractivity (Wildman–Crippen MR) is 131 cm³/mol. The number of hydrogen-bond donors (Lipinski definition) is 1. The second-order valence-corrected chi connectivity index (χ2v) is 8.25. The van der Waals surface area contributed by atoms with Crippen molar-refractivity contribution in [3.05, 3.63) is 77.4 Å². The van der Waals surface area contributed by atoms with Crippen LogP contribution in [0.1, 0.15) is 75.0 Å². The van der Waals surface area contributed by atoms with Gasteiger partial charge in [0, 0.05) is 6.08 Å². The van der Waals surface area contributed by atoms with Gasteiger partial charge < -0.3 is 9.84 Å². The number of alkyl halides is 3. The number of carboxylic acid groups (broad SMARTS) is 1. The van der Waals surface area contributed by atoms with Crippen LogP contribution in [-0.4, -0.2) is 17.7 Å². The van der Waals surface area contributed by atoms with E-state index in [1.54, 1.807) is 24.3 Å². The van der Waals surface area contributed by atoms with E-state index in [9.17, 15) is 18.0 Å². The summed E-state index contributed by atoms with van der Waals surface area (Å²) in [6.07, 6.45) is 9.05. The molecule has 0 spiro atoms. The molecule has 0 aliphatic rings. The summed E-state index contributed by atoms with van der Waals surface area (Å²) < 4.78 is 45.3. The summed E-state index contributed by atoms with van der Waals surface area (Å²) in [5.41, 5.74) is 0.546. The molecule has 184 valence electrons. The monoisotopic (exact) mass is 474 g/mol. The predicted octanol–water partition coefficient (Wildman–Crippen LogP) is 8.41. The summed E-state index contributed by atoms with van der Waals surface area (Å²) >= 11 is 0. The fraction of sp³-hybridized carbons (Fsp3) is 0.393. The Morgan fingerprint density at radius 2 is 1.59 bits per heavy atom. The SMILES string of the molecule is CCCCCCCCCCOc1cccc(/C=C(/C=C\C(=O)O)c2cccc(C(F)(F)F)c2)c1. The molecular formula is C28H33F3O3. The summed E-state index contributed by atoms with van der Waals surface area (Å²) in [7, 11) is 0. The van der Waals surface area contributed by atoms with Gasteiger partial charge in [0.15, 0.2) is 0 Å². The van der Waals surface area contributed by atoms with E-state index in [1.807, 2.05) is 6.07 Å². The molecule has 2 rings (SSSR count). The molecule has 2 aromatic rings. The molecule has 0 aliphatic carbocycles. The number of benzene rings is 2. The maximum Gasteiger partial charge on any atom is 0.416 e. The average Bonchev–Trinajstić information content (AvgIpc) is 2.80. The summed E-state index contributed by atoms with van der Waals surface area (Å²) in [5, 5.41) is 9.00. The molecule has 0 saturated carbocycles. The van der Waals surface area contributed by atoms with Crippen molar-refractivity contribution in [2.75, 3.05) is 6.61 Å². The van der Waals surface area contributed by atoms with Gasteiger partial charge in [-0.1, -0.05) is 76.1 Å². The summed E-state index contributed by atoms with van der Waals surface area (Å²) in [6, 6.07) is 12.1. The second kappa shape index (κ2) is 14.3. The average molecular weight is 475 g/mol. The third kappa shape index (κ3) is 10.3. The number of rotatable bonds is 14. The summed E-state index contributed by atoms with van der Waals surface area (Å²) in [5.74, 6) is -0.511. The van der Waals surface area contributed by atoms with Crippen molar-refractivity contribution in [3.63, 3.8) is 0 Å². The van der Waals surface area contributed by atoms with Crippen LogP contribution < -0.4 is 4.74 Å². The first-order chi connectivity index (χ1) is 16.3. The highest BCUT2D eigenvalue weighted by Crippen LogP contribution is 2.32. The van der Waals surface area contributed by atoms with Gasteiger partial charge in [-0.3, -0.25) is 0 Å². The number of allylic oxidation sites excluding steroid dienone is 2. The summed E-state index contributed by atoms with van der Waals surface area (Å²) in [4.78, 5) is 11.0. The minimum atomic E-state index is -4.49. The van der Waals surface area contributed by atoms with E-state index in [0.717, 1.165) is 31.1 Å². The fourth-order valence-electron chi connectivity index (χ4n) is 3.56. The first-order valence-electron chi connectivity index (χ1n) is 11.8. The lowest BCUT2D eigenvalue weighted by Crippen LogP contribution is -2.05. The van der Waals surface area contributed by atoms with Gasteiger partial charge >= 0.3 is 12.1 Å². The Hall–Kier alpha value is -3.02. The lowest BCUT2D eigenvalue weighted by atomic mass is 10.00. The number of carboxylic acids is 1. The fourth-order valence-corrected chi connectivity index (χ4v) is 3.56. The molecular weight excluding hydrogens is 441 g/mol. The first kappa shape index (κ1) is 27.2. The number of halogens is 3. The Balaban J connectivity index is 2.06. The van der Waals surface area contributed by atoms with Crippen molar-refractivity contribution in [2.24, 2.45) is 0 Å². The van der Waals surface area contributed by atoms with Crippen molar-refractivity contribution in [1.29, 1.82) is 0 Å². The Morgan fingerprint density at radius 3 is 2.26 bits per heavy atom. The van der Waals surface area contributed by atoms with Crippen LogP contribution in [0.4, 0.5) is 13.2 Å². The molecule has 0 fully saturated rings. The Labute approximate surface area is 200 Å². The van der Waals surface area contributed by atoms with Crippen molar-refractivity contribution >= 4 is 17.6 Å². The third-order valence-corrected chi connectivity index (χ3v) is 5.38. The van der Waals surface area contributed by atoms with E-state index in [0.29, 0.717) is 23.5 Å². The van der Waals surface area contributed by atoms with Crippen molar-refractivity contribution in [1.82, 2.24) is 0 Å².